The monoisotopic (exact) mass is 241 g/mol. The molecule has 0 bridgehead atoms. The van der Waals surface area contributed by atoms with Crippen molar-refractivity contribution in [1.82, 2.24) is 4.98 Å². The minimum absolute atomic E-state index is 0.588. The number of pyridine rings is 1. The molecule has 4 nitrogen and oxygen atoms in total. The van der Waals surface area contributed by atoms with Crippen molar-refractivity contribution in [2.24, 2.45) is 4.99 Å². The van der Waals surface area contributed by atoms with Crippen molar-refractivity contribution in [2.75, 3.05) is 12.4 Å². The molecule has 0 aliphatic carbocycles. The quantitative estimate of drug-likeness (QED) is 0.662. The van der Waals surface area contributed by atoms with E-state index in [1.165, 1.54) is 0 Å². The lowest BCUT2D eigenvalue weighted by Gasteiger charge is -2.07. The number of ether oxygens (including phenoxy) is 1. The zero-order chi connectivity index (χ0) is 12.8. The Morgan fingerprint density at radius 1 is 1.17 bits per heavy atom. The number of aromatic nitrogens is 1. The normalized spacial score (nSPS) is 11.1. The van der Waals surface area contributed by atoms with E-state index >= 15 is 0 Å². The molecule has 0 spiro atoms. The Morgan fingerprint density at radius 3 is 2.56 bits per heavy atom. The first-order chi connectivity index (χ1) is 8.78. The second kappa shape index (κ2) is 5.82. The summed E-state index contributed by atoms with van der Waals surface area (Å²) in [5, 5.41) is 3.16. The van der Waals surface area contributed by atoms with Gasteiger partial charge in [-0.2, -0.15) is 0 Å². The molecule has 0 aliphatic rings. The third-order valence-electron chi connectivity index (χ3n) is 2.38. The summed E-state index contributed by atoms with van der Waals surface area (Å²) in [4.78, 5) is 8.14. The van der Waals surface area contributed by atoms with Crippen LogP contribution in [-0.2, 0) is 0 Å². The Labute approximate surface area is 106 Å². The summed E-state index contributed by atoms with van der Waals surface area (Å²) >= 11 is 0. The van der Waals surface area contributed by atoms with Crippen LogP contribution in [0.3, 0.4) is 0 Å². The maximum Gasteiger partial charge on any atom is 0.219 e. The fourth-order valence-electron chi connectivity index (χ4n) is 1.40. The highest BCUT2D eigenvalue weighted by Gasteiger charge is 1.98. The summed E-state index contributed by atoms with van der Waals surface area (Å²) in [6, 6.07) is 13.2. The van der Waals surface area contributed by atoms with Gasteiger partial charge in [0.25, 0.3) is 0 Å². The molecule has 0 atom stereocenters. The third-order valence-corrected chi connectivity index (χ3v) is 2.38. The van der Waals surface area contributed by atoms with Crippen LogP contribution in [0.15, 0.2) is 53.7 Å². The molecule has 0 saturated carbocycles. The maximum absolute atomic E-state index is 5.60. The van der Waals surface area contributed by atoms with Gasteiger partial charge in [0.05, 0.1) is 5.84 Å². The molecule has 0 unspecified atom stereocenters. The molecular weight excluding hydrogens is 226 g/mol. The molecule has 0 aliphatic heterocycles. The van der Waals surface area contributed by atoms with Crippen LogP contribution in [0.5, 0.6) is 11.6 Å². The Bertz CT molecular complexity index is 520. The van der Waals surface area contributed by atoms with E-state index in [1.54, 1.807) is 13.2 Å². The number of nitrogens with one attached hydrogen (secondary N) is 1. The molecule has 0 saturated heterocycles. The van der Waals surface area contributed by atoms with Crippen LogP contribution >= 0.6 is 0 Å². The maximum atomic E-state index is 5.60. The van der Waals surface area contributed by atoms with Gasteiger partial charge in [-0.15, -0.1) is 0 Å². The molecule has 18 heavy (non-hydrogen) atoms. The number of rotatable bonds is 3. The second-order valence-electron chi connectivity index (χ2n) is 3.73. The predicted molar refractivity (Wildman–Crippen MR) is 73.4 cm³/mol. The van der Waals surface area contributed by atoms with E-state index in [1.807, 2.05) is 49.4 Å². The highest BCUT2D eigenvalue weighted by atomic mass is 16.5. The Hall–Kier alpha value is -2.36. The third kappa shape index (κ3) is 3.31. The number of anilines is 1. The van der Waals surface area contributed by atoms with Gasteiger partial charge in [-0.25, -0.2) is 4.98 Å². The van der Waals surface area contributed by atoms with E-state index in [4.69, 9.17) is 4.74 Å². The van der Waals surface area contributed by atoms with E-state index in [0.29, 0.717) is 5.88 Å². The van der Waals surface area contributed by atoms with Crippen LogP contribution in [-0.4, -0.2) is 17.9 Å². The number of aliphatic imine (C=N–C) groups is 1. The van der Waals surface area contributed by atoms with Crippen LogP contribution in [0.1, 0.15) is 6.92 Å². The molecule has 0 amide bonds. The number of hydrogen-bond acceptors (Lipinski definition) is 3. The van der Waals surface area contributed by atoms with Crippen LogP contribution in [0.25, 0.3) is 0 Å². The lowest BCUT2D eigenvalue weighted by atomic mass is 10.3. The lowest BCUT2D eigenvalue weighted by Crippen LogP contribution is -2.06. The lowest BCUT2D eigenvalue weighted by molar-refractivity contribution is 0.463. The Morgan fingerprint density at radius 2 is 1.94 bits per heavy atom. The fraction of sp³-hybridized carbons (Fsp3) is 0.143. The first-order valence-electron chi connectivity index (χ1n) is 5.67. The first kappa shape index (κ1) is 12.1. The van der Waals surface area contributed by atoms with E-state index in [2.05, 4.69) is 15.3 Å². The van der Waals surface area contributed by atoms with Gasteiger partial charge in [-0.3, -0.25) is 4.99 Å². The molecule has 1 aromatic heterocycles. The van der Waals surface area contributed by atoms with E-state index in [-0.39, 0.29) is 0 Å². The first-order valence-corrected chi connectivity index (χ1v) is 5.67. The Balaban J connectivity index is 2.04. The molecule has 1 N–H and O–H groups in total. The molecule has 0 radical (unpaired) electrons. The van der Waals surface area contributed by atoms with Crippen LogP contribution in [0.2, 0.25) is 0 Å². The summed E-state index contributed by atoms with van der Waals surface area (Å²) < 4.78 is 5.60. The van der Waals surface area contributed by atoms with Gasteiger partial charge >= 0.3 is 0 Å². The zero-order valence-electron chi connectivity index (χ0n) is 10.4. The Kier molecular flexibility index (Phi) is 3.91. The zero-order valence-corrected chi connectivity index (χ0v) is 10.4. The number of amidine groups is 1. The standard InChI is InChI=1S/C14H15N3O/c1-11(15-2)17-12-6-8-13(9-7-12)18-14-5-3-4-10-16-14/h3-10H,1-2H3,(H,15,17). The topological polar surface area (TPSA) is 46.5 Å². The summed E-state index contributed by atoms with van der Waals surface area (Å²) in [6.07, 6.45) is 1.70. The van der Waals surface area contributed by atoms with Crippen molar-refractivity contribution in [1.29, 1.82) is 0 Å². The average molecular weight is 241 g/mol. The molecule has 4 heteroatoms. The van der Waals surface area contributed by atoms with E-state index in [9.17, 15) is 0 Å². The molecular formula is C14H15N3O. The predicted octanol–water partition coefficient (Wildman–Crippen LogP) is 3.33. The SMILES string of the molecule is CN=C(C)Nc1ccc(Oc2ccccn2)cc1. The average Bonchev–Trinajstić information content (AvgIpc) is 2.42. The van der Waals surface area contributed by atoms with Gasteiger partial charge in [0.1, 0.15) is 5.75 Å². The molecule has 2 aromatic rings. The van der Waals surface area contributed by atoms with Crippen molar-refractivity contribution in [3.05, 3.63) is 48.7 Å². The minimum atomic E-state index is 0.588. The molecule has 1 aromatic carbocycles. The molecule has 2 rings (SSSR count). The fourth-order valence-corrected chi connectivity index (χ4v) is 1.40. The number of nitrogens with zero attached hydrogens (tertiary/aromatic N) is 2. The van der Waals surface area contributed by atoms with Crippen molar-refractivity contribution in [2.45, 2.75) is 6.92 Å². The van der Waals surface area contributed by atoms with Crippen molar-refractivity contribution in [3.8, 4) is 11.6 Å². The summed E-state index contributed by atoms with van der Waals surface area (Å²) in [7, 11) is 1.75. The van der Waals surface area contributed by atoms with Gasteiger partial charge in [0, 0.05) is 25.0 Å². The van der Waals surface area contributed by atoms with E-state index < -0.39 is 0 Å². The largest absolute Gasteiger partial charge is 0.439 e. The summed E-state index contributed by atoms with van der Waals surface area (Å²) in [5.41, 5.74) is 0.978. The smallest absolute Gasteiger partial charge is 0.219 e. The summed E-state index contributed by atoms with van der Waals surface area (Å²) in [6.45, 7) is 1.91. The molecule has 92 valence electrons. The van der Waals surface area contributed by atoms with Gasteiger partial charge in [0.15, 0.2) is 0 Å². The highest BCUT2D eigenvalue weighted by Crippen LogP contribution is 2.20. The highest BCUT2D eigenvalue weighted by molar-refractivity contribution is 5.93. The molecule has 0 fully saturated rings. The molecule has 1 heterocycles. The van der Waals surface area contributed by atoms with E-state index in [0.717, 1.165) is 17.3 Å². The van der Waals surface area contributed by atoms with Crippen molar-refractivity contribution < 1.29 is 4.74 Å². The van der Waals surface area contributed by atoms with Gasteiger partial charge in [0.2, 0.25) is 5.88 Å². The van der Waals surface area contributed by atoms with Gasteiger partial charge in [-0.1, -0.05) is 6.07 Å². The van der Waals surface area contributed by atoms with Gasteiger partial charge < -0.3 is 10.1 Å². The van der Waals surface area contributed by atoms with Crippen LogP contribution < -0.4 is 10.1 Å². The van der Waals surface area contributed by atoms with Crippen LogP contribution in [0, 0.1) is 0 Å². The van der Waals surface area contributed by atoms with Crippen molar-refractivity contribution >= 4 is 11.5 Å². The summed E-state index contributed by atoms with van der Waals surface area (Å²) in [5.74, 6) is 2.21. The van der Waals surface area contributed by atoms with Crippen LogP contribution in [0.4, 0.5) is 5.69 Å². The van der Waals surface area contributed by atoms with Crippen molar-refractivity contribution in [3.63, 3.8) is 0 Å². The van der Waals surface area contributed by atoms with Gasteiger partial charge in [-0.05, 0) is 37.3 Å². The second-order valence-corrected chi connectivity index (χ2v) is 3.73. The minimum Gasteiger partial charge on any atom is -0.439 e. The number of hydrogen-bond donors (Lipinski definition) is 1. The number of benzene rings is 1.